The van der Waals surface area contributed by atoms with Crippen LogP contribution in [-0.2, 0) is 0 Å². The maximum absolute atomic E-state index is 9.06. The van der Waals surface area contributed by atoms with Crippen LogP contribution < -0.4 is 0 Å². The number of benzene rings is 7. The van der Waals surface area contributed by atoms with Crippen LogP contribution in [0.3, 0.4) is 0 Å². The highest BCUT2D eigenvalue weighted by Gasteiger charge is 2.18. The van der Waals surface area contributed by atoms with E-state index in [9.17, 15) is 0 Å². The van der Waals surface area contributed by atoms with E-state index >= 15 is 0 Å². The van der Waals surface area contributed by atoms with Gasteiger partial charge in [0.05, 0.1) is 0 Å². The highest BCUT2D eigenvalue weighted by Crippen LogP contribution is 2.42. The molecule has 2 aromatic heterocycles. The summed E-state index contributed by atoms with van der Waals surface area (Å²) >= 11 is 0. The molecule has 0 unspecified atom stereocenters. The Morgan fingerprint density at radius 3 is 2.11 bits per heavy atom. The summed E-state index contributed by atoms with van der Waals surface area (Å²) in [5, 5.41) is 13.1. The zero-order valence-electron chi connectivity index (χ0n) is 31.3. The lowest BCUT2D eigenvalue weighted by Gasteiger charge is -2.07. The average molecular weight is 736 g/mol. The lowest BCUT2D eigenvalue weighted by atomic mass is 9.96. The van der Waals surface area contributed by atoms with E-state index in [-0.39, 0.29) is 5.84 Å². The van der Waals surface area contributed by atoms with Crippen molar-refractivity contribution in [2.45, 2.75) is 6.92 Å². The number of amidine groups is 2. The number of hydrogen-bond acceptors (Lipinski definition) is 3. The van der Waals surface area contributed by atoms with Crippen molar-refractivity contribution in [2.24, 2.45) is 9.98 Å². The molecule has 9 rings (SSSR count). The van der Waals surface area contributed by atoms with Crippen molar-refractivity contribution in [2.75, 3.05) is 0 Å². The maximum Gasteiger partial charge on any atom is 0.161 e. The Balaban J connectivity index is 1.13. The van der Waals surface area contributed by atoms with E-state index in [0.717, 1.165) is 88.4 Å². The van der Waals surface area contributed by atoms with E-state index < -0.39 is 0 Å². The highest BCUT2D eigenvalue weighted by molar-refractivity contribution is 6.19. The molecule has 0 radical (unpaired) electrons. The van der Waals surface area contributed by atoms with Crippen LogP contribution in [0.2, 0.25) is 0 Å². The molecule has 0 aliphatic rings. The molecule has 0 atom stereocenters. The molecule has 7 aromatic carbocycles. The molecule has 2 heterocycles. The standard InChI is InChI=1S/C52H37N3O2/c1-3-15-34(16-4-2)37-21-11-22-39(31-37)51(53)55-52(36-19-9-6-10-20-36)54-33-40-23-12-27-46-48(40)44-32-38(29-30-45(44)56-46)41-24-14-28-47-49(41)43-26-13-25-42(50(43)57-47)35-17-7-5-8-18-35/h3-33,53H,1H2,2H3/b16-4-,34-15+,53-51?,54-33?,55-52?. The number of aliphatic imine (C=N–C) groups is 2. The van der Waals surface area contributed by atoms with Crippen molar-refractivity contribution < 1.29 is 8.83 Å². The second-order valence-corrected chi connectivity index (χ2v) is 13.7. The van der Waals surface area contributed by atoms with E-state index in [1.54, 1.807) is 6.08 Å². The Kier molecular flexibility index (Phi) is 9.39. The summed E-state index contributed by atoms with van der Waals surface area (Å²) in [6.07, 6.45) is 9.56. The Bertz CT molecular complexity index is 3100. The van der Waals surface area contributed by atoms with Crippen molar-refractivity contribution >= 4 is 67.3 Å². The van der Waals surface area contributed by atoms with Gasteiger partial charge in [0.25, 0.3) is 0 Å². The lowest BCUT2D eigenvalue weighted by Crippen LogP contribution is -2.05. The summed E-state index contributed by atoms with van der Waals surface area (Å²) in [6.45, 7) is 5.84. The van der Waals surface area contributed by atoms with Crippen LogP contribution in [0.1, 0.15) is 29.2 Å². The minimum atomic E-state index is 0.111. The zero-order valence-corrected chi connectivity index (χ0v) is 31.3. The third-order valence-electron chi connectivity index (χ3n) is 10.1. The van der Waals surface area contributed by atoms with Gasteiger partial charge in [-0.2, -0.15) is 0 Å². The molecular formula is C52H37N3O2. The summed E-state index contributed by atoms with van der Waals surface area (Å²) in [5.41, 5.74) is 11.9. The van der Waals surface area contributed by atoms with Crippen molar-refractivity contribution in [3.8, 4) is 22.3 Å². The number of nitrogens with one attached hydrogen (secondary N) is 1. The van der Waals surface area contributed by atoms with Gasteiger partial charge in [-0.25, -0.2) is 9.98 Å². The number of fused-ring (bicyclic) bond motifs is 6. The minimum Gasteiger partial charge on any atom is -0.456 e. The summed E-state index contributed by atoms with van der Waals surface area (Å²) in [5.74, 6) is 0.542. The molecule has 5 nitrogen and oxygen atoms in total. The number of hydrogen-bond donors (Lipinski definition) is 1. The largest absolute Gasteiger partial charge is 0.456 e. The van der Waals surface area contributed by atoms with Crippen LogP contribution >= 0.6 is 0 Å². The second kappa shape index (κ2) is 15.2. The van der Waals surface area contributed by atoms with Gasteiger partial charge in [-0.05, 0) is 65.1 Å². The number of para-hydroxylation sites is 1. The Morgan fingerprint density at radius 2 is 1.30 bits per heavy atom. The van der Waals surface area contributed by atoms with E-state index in [4.69, 9.17) is 24.2 Å². The van der Waals surface area contributed by atoms with Crippen molar-refractivity contribution in [3.63, 3.8) is 0 Å². The van der Waals surface area contributed by atoms with E-state index in [1.165, 1.54) is 0 Å². The fraction of sp³-hybridized carbons (Fsp3) is 0.0192. The molecule has 9 aromatic rings. The lowest BCUT2D eigenvalue weighted by molar-refractivity contribution is 0.669. The molecule has 1 N–H and O–H groups in total. The molecule has 0 saturated carbocycles. The third kappa shape index (κ3) is 6.72. The summed E-state index contributed by atoms with van der Waals surface area (Å²) < 4.78 is 13.0. The zero-order chi connectivity index (χ0) is 38.7. The Hall–Kier alpha value is -7.63. The minimum absolute atomic E-state index is 0.111. The molecule has 0 fully saturated rings. The van der Waals surface area contributed by atoms with Gasteiger partial charge < -0.3 is 8.83 Å². The fourth-order valence-corrected chi connectivity index (χ4v) is 7.52. The van der Waals surface area contributed by atoms with E-state index in [1.807, 2.05) is 122 Å². The first-order valence-electron chi connectivity index (χ1n) is 18.9. The van der Waals surface area contributed by atoms with Gasteiger partial charge in [0.15, 0.2) is 11.7 Å². The van der Waals surface area contributed by atoms with E-state index in [0.29, 0.717) is 11.4 Å². The number of furan rings is 2. The number of rotatable bonds is 8. The topological polar surface area (TPSA) is 74.8 Å². The summed E-state index contributed by atoms with van der Waals surface area (Å²) in [7, 11) is 0. The number of nitrogens with zero attached hydrogens (tertiary/aromatic N) is 2. The fourth-order valence-electron chi connectivity index (χ4n) is 7.52. The van der Waals surface area contributed by atoms with Gasteiger partial charge in [0, 0.05) is 50.0 Å². The average Bonchev–Trinajstić information content (AvgIpc) is 3.84. The Labute approximate surface area is 330 Å². The quantitative estimate of drug-likeness (QED) is 0.0958. The summed E-state index contributed by atoms with van der Waals surface area (Å²) in [4.78, 5) is 9.75. The molecule has 57 heavy (non-hydrogen) atoms. The molecule has 0 saturated heterocycles. The van der Waals surface area contributed by atoms with Crippen molar-refractivity contribution in [1.82, 2.24) is 0 Å². The van der Waals surface area contributed by atoms with Crippen molar-refractivity contribution in [1.29, 1.82) is 5.41 Å². The molecule has 0 bridgehead atoms. The summed E-state index contributed by atoms with van der Waals surface area (Å²) in [6, 6.07) is 52.9. The van der Waals surface area contributed by atoms with Gasteiger partial charge in [-0.15, -0.1) is 0 Å². The van der Waals surface area contributed by atoms with Crippen LogP contribution in [0, 0.1) is 5.41 Å². The SMILES string of the molecule is C=C/C=C(\C=C/C)c1cccc(C(=N)N=C(N=Cc2cccc3oc4ccc(-c5cccc6oc7c(-c8ccccc8)cccc7c56)cc4c23)c2ccccc2)c1. The molecular weight excluding hydrogens is 699 g/mol. The first-order chi connectivity index (χ1) is 28.1. The maximum atomic E-state index is 9.06. The number of allylic oxidation sites excluding steroid dienone is 5. The molecule has 0 spiro atoms. The molecule has 0 aliphatic heterocycles. The highest BCUT2D eigenvalue weighted by atomic mass is 16.3. The van der Waals surface area contributed by atoms with Crippen LogP contribution in [0.5, 0.6) is 0 Å². The van der Waals surface area contributed by atoms with Crippen LogP contribution in [0.4, 0.5) is 0 Å². The normalized spacial score (nSPS) is 12.5. The van der Waals surface area contributed by atoms with Gasteiger partial charge in [-0.3, -0.25) is 5.41 Å². The predicted octanol–water partition coefficient (Wildman–Crippen LogP) is 13.9. The van der Waals surface area contributed by atoms with Crippen LogP contribution in [0.15, 0.2) is 207 Å². The molecule has 0 amide bonds. The van der Waals surface area contributed by atoms with Gasteiger partial charge in [0.1, 0.15) is 22.3 Å². The molecule has 0 aliphatic carbocycles. The van der Waals surface area contributed by atoms with Crippen LogP contribution in [-0.4, -0.2) is 17.9 Å². The first-order valence-corrected chi connectivity index (χ1v) is 18.9. The first kappa shape index (κ1) is 35.1. The molecule has 272 valence electrons. The van der Waals surface area contributed by atoms with Gasteiger partial charge in [-0.1, -0.05) is 158 Å². The van der Waals surface area contributed by atoms with Gasteiger partial charge >= 0.3 is 0 Å². The second-order valence-electron chi connectivity index (χ2n) is 13.7. The smallest absolute Gasteiger partial charge is 0.161 e. The van der Waals surface area contributed by atoms with Gasteiger partial charge in [0.2, 0.25) is 0 Å². The van der Waals surface area contributed by atoms with Crippen molar-refractivity contribution in [3.05, 3.63) is 211 Å². The monoisotopic (exact) mass is 735 g/mol. The predicted molar refractivity (Wildman–Crippen MR) is 239 cm³/mol. The molecule has 5 heteroatoms. The Morgan fingerprint density at radius 1 is 0.596 bits per heavy atom. The third-order valence-corrected chi connectivity index (χ3v) is 10.1. The van der Waals surface area contributed by atoms with Crippen LogP contribution in [0.25, 0.3) is 71.7 Å². The van der Waals surface area contributed by atoms with E-state index in [2.05, 4.69) is 73.3 Å².